The fourth-order valence-electron chi connectivity index (χ4n) is 2.30. The van der Waals surface area contributed by atoms with Gasteiger partial charge < -0.3 is 10.6 Å². The Hall–Kier alpha value is -1.29. The number of nitrogens with one attached hydrogen (secondary N) is 2. The van der Waals surface area contributed by atoms with Crippen LogP contribution in [0.4, 0.5) is 8.78 Å². The third-order valence-electron chi connectivity index (χ3n) is 3.54. The van der Waals surface area contributed by atoms with E-state index in [2.05, 4.69) is 26.0 Å². The Morgan fingerprint density at radius 1 is 1.23 bits per heavy atom. The molecular formula is C18H25F2IN4S. The number of thiazole rings is 1. The van der Waals surface area contributed by atoms with Crippen LogP contribution < -0.4 is 10.6 Å². The molecule has 0 atom stereocenters. The van der Waals surface area contributed by atoms with E-state index in [1.165, 1.54) is 11.1 Å². The fraction of sp³-hybridized carbons (Fsp3) is 0.444. The molecule has 1 aromatic carbocycles. The summed E-state index contributed by atoms with van der Waals surface area (Å²) in [5.74, 6) is -0.294. The van der Waals surface area contributed by atoms with E-state index in [1.807, 2.05) is 13.8 Å². The summed E-state index contributed by atoms with van der Waals surface area (Å²) in [6, 6.07) is 3.41. The summed E-state index contributed by atoms with van der Waals surface area (Å²) >= 11 is 1.70. The van der Waals surface area contributed by atoms with Crippen LogP contribution in [0.2, 0.25) is 0 Å². The van der Waals surface area contributed by atoms with Crippen molar-refractivity contribution in [2.24, 2.45) is 4.99 Å². The van der Waals surface area contributed by atoms with Gasteiger partial charge in [0.15, 0.2) is 5.96 Å². The minimum Gasteiger partial charge on any atom is -0.357 e. The zero-order valence-corrected chi connectivity index (χ0v) is 18.2. The van der Waals surface area contributed by atoms with Gasteiger partial charge in [0.05, 0.1) is 11.6 Å². The summed E-state index contributed by atoms with van der Waals surface area (Å²) in [6.45, 7) is 5.53. The highest BCUT2D eigenvalue weighted by molar-refractivity contribution is 14.0. The van der Waals surface area contributed by atoms with Crippen molar-refractivity contribution in [1.82, 2.24) is 15.6 Å². The molecule has 0 aliphatic carbocycles. The molecule has 2 N–H and O–H groups in total. The van der Waals surface area contributed by atoms with Crippen molar-refractivity contribution in [3.8, 4) is 0 Å². The molecule has 0 spiro atoms. The topological polar surface area (TPSA) is 49.3 Å². The summed E-state index contributed by atoms with van der Waals surface area (Å²) in [7, 11) is 0. The van der Waals surface area contributed by atoms with Crippen molar-refractivity contribution in [3.05, 3.63) is 51.5 Å². The number of aryl methyl sites for hydroxylation is 2. The second-order valence-corrected chi connectivity index (χ2v) is 6.64. The molecule has 0 radical (unpaired) electrons. The van der Waals surface area contributed by atoms with E-state index in [0.29, 0.717) is 12.5 Å². The van der Waals surface area contributed by atoms with Gasteiger partial charge in [-0.25, -0.2) is 18.8 Å². The van der Waals surface area contributed by atoms with Crippen LogP contribution in [0.25, 0.3) is 0 Å². The molecule has 0 bridgehead atoms. The zero-order valence-electron chi connectivity index (χ0n) is 15.0. The molecule has 144 valence electrons. The molecule has 8 heteroatoms. The Labute approximate surface area is 174 Å². The van der Waals surface area contributed by atoms with Crippen LogP contribution in [0, 0.1) is 18.6 Å². The van der Waals surface area contributed by atoms with E-state index < -0.39 is 11.6 Å². The van der Waals surface area contributed by atoms with E-state index in [4.69, 9.17) is 0 Å². The molecular weight excluding hydrogens is 469 g/mol. The smallest absolute Gasteiger partial charge is 0.191 e. The highest BCUT2D eigenvalue weighted by Gasteiger charge is 2.04. The second-order valence-electron chi connectivity index (χ2n) is 5.70. The maximum Gasteiger partial charge on any atom is 0.191 e. The molecule has 26 heavy (non-hydrogen) atoms. The van der Waals surface area contributed by atoms with Gasteiger partial charge in [0.2, 0.25) is 0 Å². The maximum atomic E-state index is 13.6. The Kier molecular flexibility index (Phi) is 10.6. The monoisotopic (exact) mass is 494 g/mol. The van der Waals surface area contributed by atoms with Crippen molar-refractivity contribution in [3.63, 3.8) is 0 Å². The summed E-state index contributed by atoms with van der Waals surface area (Å²) in [5.41, 5.74) is 1.32. The molecule has 0 unspecified atom stereocenters. The van der Waals surface area contributed by atoms with Gasteiger partial charge in [-0.1, -0.05) is 0 Å². The second kappa shape index (κ2) is 12.2. The van der Waals surface area contributed by atoms with E-state index in [-0.39, 0.29) is 36.1 Å². The quantitative estimate of drug-likeness (QED) is 0.247. The molecule has 0 saturated heterocycles. The first kappa shape index (κ1) is 22.8. The van der Waals surface area contributed by atoms with E-state index >= 15 is 0 Å². The fourth-order valence-corrected chi connectivity index (χ4v) is 3.11. The number of hydrogen-bond donors (Lipinski definition) is 2. The third kappa shape index (κ3) is 7.94. The highest BCUT2D eigenvalue weighted by atomic mass is 127. The molecule has 0 aliphatic rings. The Balaban J connectivity index is 0.00000338. The molecule has 1 heterocycles. The van der Waals surface area contributed by atoms with Gasteiger partial charge in [-0.15, -0.1) is 35.3 Å². The SMILES string of the molecule is CCNC(=NCc1cc(F)ccc1F)NCCCCc1nc(C)cs1.I. The van der Waals surface area contributed by atoms with Crippen molar-refractivity contribution in [1.29, 1.82) is 0 Å². The van der Waals surface area contributed by atoms with Crippen molar-refractivity contribution < 1.29 is 8.78 Å². The number of rotatable bonds is 8. The van der Waals surface area contributed by atoms with Gasteiger partial charge in [-0.05, 0) is 51.3 Å². The number of benzene rings is 1. The average Bonchev–Trinajstić information content (AvgIpc) is 3.00. The number of hydrogen-bond acceptors (Lipinski definition) is 3. The summed E-state index contributed by atoms with van der Waals surface area (Å²) < 4.78 is 26.8. The Morgan fingerprint density at radius 3 is 2.73 bits per heavy atom. The first-order chi connectivity index (χ1) is 12.1. The molecule has 2 aromatic rings. The van der Waals surface area contributed by atoms with Gasteiger partial charge >= 0.3 is 0 Å². The van der Waals surface area contributed by atoms with Crippen LogP contribution in [0.5, 0.6) is 0 Å². The lowest BCUT2D eigenvalue weighted by atomic mass is 10.2. The Morgan fingerprint density at radius 2 is 2.04 bits per heavy atom. The van der Waals surface area contributed by atoms with E-state index in [1.54, 1.807) is 11.3 Å². The number of guanidine groups is 1. The lowest BCUT2D eigenvalue weighted by Crippen LogP contribution is -2.37. The van der Waals surface area contributed by atoms with Crippen molar-refractivity contribution in [2.75, 3.05) is 13.1 Å². The highest BCUT2D eigenvalue weighted by Crippen LogP contribution is 2.12. The van der Waals surface area contributed by atoms with Crippen LogP contribution in [0.1, 0.15) is 36.0 Å². The first-order valence-corrected chi connectivity index (χ1v) is 9.33. The van der Waals surface area contributed by atoms with Crippen molar-refractivity contribution in [2.45, 2.75) is 39.7 Å². The van der Waals surface area contributed by atoms with Gasteiger partial charge in [0.25, 0.3) is 0 Å². The minimum atomic E-state index is -0.456. The standard InChI is InChI=1S/C18H24F2N4S.HI/c1-3-21-18(23-11-14-10-15(19)7-8-16(14)20)22-9-5-4-6-17-24-13(2)12-25-17;/h7-8,10,12H,3-6,9,11H2,1-2H3,(H2,21,22,23);1H. The minimum absolute atomic E-state index is 0. The number of unbranched alkanes of at least 4 members (excludes halogenated alkanes) is 1. The largest absolute Gasteiger partial charge is 0.357 e. The van der Waals surface area contributed by atoms with Crippen LogP contribution in [0.3, 0.4) is 0 Å². The van der Waals surface area contributed by atoms with Gasteiger partial charge in [-0.2, -0.15) is 0 Å². The van der Waals surface area contributed by atoms with Crippen LogP contribution in [-0.2, 0) is 13.0 Å². The third-order valence-corrected chi connectivity index (χ3v) is 4.56. The maximum absolute atomic E-state index is 13.6. The molecule has 4 nitrogen and oxygen atoms in total. The molecule has 0 amide bonds. The molecule has 2 rings (SSSR count). The van der Waals surface area contributed by atoms with E-state index in [0.717, 1.165) is 43.6 Å². The van der Waals surface area contributed by atoms with E-state index in [9.17, 15) is 8.78 Å². The van der Waals surface area contributed by atoms with Crippen LogP contribution in [0.15, 0.2) is 28.6 Å². The normalized spacial score (nSPS) is 11.2. The van der Waals surface area contributed by atoms with Crippen molar-refractivity contribution >= 4 is 41.3 Å². The predicted molar refractivity (Wildman–Crippen MR) is 114 cm³/mol. The molecule has 0 fully saturated rings. The average molecular weight is 494 g/mol. The lowest BCUT2D eigenvalue weighted by Gasteiger charge is -2.11. The number of halogens is 3. The molecule has 1 aromatic heterocycles. The van der Waals surface area contributed by atoms with Crippen LogP contribution >= 0.6 is 35.3 Å². The predicted octanol–water partition coefficient (Wildman–Crippen LogP) is 4.43. The van der Waals surface area contributed by atoms with Gasteiger partial charge in [0.1, 0.15) is 11.6 Å². The number of aromatic nitrogens is 1. The lowest BCUT2D eigenvalue weighted by molar-refractivity contribution is 0.585. The first-order valence-electron chi connectivity index (χ1n) is 8.45. The summed E-state index contributed by atoms with van der Waals surface area (Å²) in [5, 5.41) is 9.56. The number of nitrogens with zero attached hydrogens (tertiary/aromatic N) is 2. The van der Waals surface area contributed by atoms with Gasteiger partial charge in [-0.3, -0.25) is 0 Å². The molecule has 0 aliphatic heterocycles. The summed E-state index contributed by atoms with van der Waals surface area (Å²) in [4.78, 5) is 8.77. The Bertz CT molecular complexity index is 706. The summed E-state index contributed by atoms with van der Waals surface area (Å²) in [6.07, 6.45) is 3.00. The molecule has 0 saturated carbocycles. The number of aliphatic imine (C=N–C) groups is 1. The van der Waals surface area contributed by atoms with Crippen LogP contribution in [-0.4, -0.2) is 24.0 Å². The van der Waals surface area contributed by atoms with Gasteiger partial charge in [0, 0.05) is 29.7 Å². The zero-order chi connectivity index (χ0) is 18.1.